The average molecular weight is 296 g/mol. The normalized spacial score (nSPS) is 10.5. The number of aromatic nitrogens is 4. The molecule has 5 nitrogen and oxygen atoms in total. The van der Waals surface area contributed by atoms with E-state index in [-0.39, 0.29) is 0 Å². The highest BCUT2D eigenvalue weighted by Crippen LogP contribution is 2.22. The highest BCUT2D eigenvalue weighted by atomic mass is 79.9. The fourth-order valence-corrected chi connectivity index (χ4v) is 1.78. The van der Waals surface area contributed by atoms with E-state index in [1.54, 1.807) is 17.1 Å². The number of aryl methyl sites for hydroxylation is 1. The van der Waals surface area contributed by atoms with Crippen LogP contribution >= 0.6 is 15.9 Å². The number of nitrogens with one attached hydrogen (secondary N) is 1. The predicted octanol–water partition coefficient (Wildman–Crippen LogP) is 2.46. The van der Waals surface area contributed by atoms with Crippen molar-refractivity contribution in [3.05, 3.63) is 22.9 Å². The molecule has 0 aliphatic rings. The van der Waals surface area contributed by atoms with Gasteiger partial charge in [-0.3, -0.25) is 4.68 Å². The minimum atomic E-state index is 0.673. The van der Waals surface area contributed by atoms with Crippen LogP contribution in [-0.4, -0.2) is 26.3 Å². The van der Waals surface area contributed by atoms with E-state index in [0.717, 1.165) is 29.0 Å². The van der Waals surface area contributed by atoms with Gasteiger partial charge in [-0.1, -0.05) is 6.92 Å². The molecule has 0 amide bonds. The summed E-state index contributed by atoms with van der Waals surface area (Å²) in [5.41, 5.74) is 0.900. The quantitative estimate of drug-likeness (QED) is 0.941. The van der Waals surface area contributed by atoms with E-state index in [9.17, 15) is 0 Å². The molecule has 0 atom stereocenters. The van der Waals surface area contributed by atoms with Gasteiger partial charge in [0.15, 0.2) is 5.82 Å². The van der Waals surface area contributed by atoms with Gasteiger partial charge in [-0.05, 0) is 28.4 Å². The number of rotatable bonds is 4. The van der Waals surface area contributed by atoms with E-state index in [1.807, 2.05) is 13.1 Å². The third kappa shape index (κ3) is 2.63. The van der Waals surface area contributed by atoms with E-state index in [4.69, 9.17) is 0 Å². The van der Waals surface area contributed by atoms with Gasteiger partial charge in [-0.15, -0.1) is 0 Å². The maximum atomic E-state index is 4.48. The Morgan fingerprint density at radius 1 is 1.47 bits per heavy atom. The molecule has 0 aromatic carbocycles. The monoisotopic (exact) mass is 295 g/mol. The lowest BCUT2D eigenvalue weighted by Crippen LogP contribution is -2.05. The lowest BCUT2D eigenvalue weighted by molar-refractivity contribution is 0.769. The van der Waals surface area contributed by atoms with Crippen LogP contribution in [0.25, 0.3) is 11.5 Å². The van der Waals surface area contributed by atoms with Crippen molar-refractivity contribution in [1.82, 2.24) is 19.7 Å². The largest absolute Gasteiger partial charge is 0.369 e. The van der Waals surface area contributed by atoms with E-state index in [1.165, 1.54) is 0 Å². The first-order valence-corrected chi connectivity index (χ1v) is 6.26. The van der Waals surface area contributed by atoms with E-state index >= 15 is 0 Å². The van der Waals surface area contributed by atoms with E-state index in [0.29, 0.717) is 5.82 Å². The fraction of sp³-hybridized carbons (Fsp3) is 0.364. The first-order valence-electron chi connectivity index (χ1n) is 5.47. The van der Waals surface area contributed by atoms with Crippen molar-refractivity contribution in [2.75, 3.05) is 11.9 Å². The Morgan fingerprint density at radius 2 is 2.29 bits per heavy atom. The molecule has 2 heterocycles. The van der Waals surface area contributed by atoms with Crippen LogP contribution in [0.1, 0.15) is 13.3 Å². The molecule has 2 aromatic rings. The van der Waals surface area contributed by atoms with Crippen LogP contribution < -0.4 is 5.32 Å². The Bertz CT molecular complexity index is 508. The second-order valence-corrected chi connectivity index (χ2v) is 4.51. The minimum absolute atomic E-state index is 0.673. The topological polar surface area (TPSA) is 55.6 Å². The van der Waals surface area contributed by atoms with E-state index in [2.05, 4.69) is 43.2 Å². The molecule has 17 heavy (non-hydrogen) atoms. The summed E-state index contributed by atoms with van der Waals surface area (Å²) in [5.74, 6) is 1.49. The van der Waals surface area contributed by atoms with Gasteiger partial charge in [-0.25, -0.2) is 9.97 Å². The van der Waals surface area contributed by atoms with Crippen molar-refractivity contribution >= 4 is 21.7 Å². The van der Waals surface area contributed by atoms with Crippen LogP contribution in [0.2, 0.25) is 0 Å². The van der Waals surface area contributed by atoms with Crippen LogP contribution in [-0.2, 0) is 7.05 Å². The molecule has 0 unspecified atom stereocenters. The third-order valence-electron chi connectivity index (χ3n) is 2.34. The zero-order valence-corrected chi connectivity index (χ0v) is 11.4. The molecule has 0 aliphatic carbocycles. The molecule has 1 N–H and O–H groups in total. The van der Waals surface area contributed by atoms with Crippen LogP contribution in [0.15, 0.2) is 22.9 Å². The Hall–Kier alpha value is -1.43. The van der Waals surface area contributed by atoms with Crippen molar-refractivity contribution in [1.29, 1.82) is 0 Å². The second kappa shape index (κ2) is 5.27. The number of anilines is 1. The zero-order valence-electron chi connectivity index (χ0n) is 9.81. The van der Waals surface area contributed by atoms with Gasteiger partial charge in [0.25, 0.3) is 0 Å². The number of halogens is 1. The van der Waals surface area contributed by atoms with Crippen LogP contribution in [0, 0.1) is 0 Å². The van der Waals surface area contributed by atoms with Crippen LogP contribution in [0.3, 0.4) is 0 Å². The summed E-state index contributed by atoms with van der Waals surface area (Å²) >= 11 is 3.43. The molecule has 0 saturated carbocycles. The summed E-state index contributed by atoms with van der Waals surface area (Å²) in [5, 5.41) is 7.37. The van der Waals surface area contributed by atoms with Crippen molar-refractivity contribution in [3.63, 3.8) is 0 Å². The molecule has 90 valence electrons. The predicted molar refractivity (Wildman–Crippen MR) is 70.7 cm³/mol. The molecule has 2 aromatic heterocycles. The average Bonchev–Trinajstić information content (AvgIpc) is 2.75. The smallest absolute Gasteiger partial charge is 0.179 e. The maximum absolute atomic E-state index is 4.48. The van der Waals surface area contributed by atoms with Gasteiger partial charge in [-0.2, -0.15) is 5.10 Å². The summed E-state index contributed by atoms with van der Waals surface area (Å²) in [6, 6.07) is 1.90. The molecule has 6 heteroatoms. The zero-order chi connectivity index (χ0) is 12.3. The molecule has 0 radical (unpaired) electrons. The first-order chi connectivity index (χ1) is 8.22. The lowest BCUT2D eigenvalue weighted by atomic mass is 10.4. The molecule has 2 rings (SSSR count). The summed E-state index contributed by atoms with van der Waals surface area (Å²) in [4.78, 5) is 8.77. The molecule has 0 bridgehead atoms. The third-order valence-corrected chi connectivity index (χ3v) is 2.92. The molecule has 0 saturated heterocycles. The van der Waals surface area contributed by atoms with Gasteiger partial charge < -0.3 is 5.32 Å². The molecular weight excluding hydrogens is 282 g/mol. The Labute approximate surface area is 108 Å². The van der Waals surface area contributed by atoms with Crippen molar-refractivity contribution in [2.24, 2.45) is 7.05 Å². The summed E-state index contributed by atoms with van der Waals surface area (Å²) < 4.78 is 2.63. The molecule has 0 aliphatic heterocycles. The SMILES string of the molecule is CCCNc1nc(-c2ccnn2C)ncc1Br. The maximum Gasteiger partial charge on any atom is 0.179 e. The summed E-state index contributed by atoms with van der Waals surface area (Å²) in [6.07, 6.45) is 4.55. The highest BCUT2D eigenvalue weighted by molar-refractivity contribution is 9.10. The Kier molecular flexibility index (Phi) is 3.73. The molecule has 0 spiro atoms. The number of nitrogens with zero attached hydrogens (tertiary/aromatic N) is 4. The molecular formula is C11H14BrN5. The van der Waals surface area contributed by atoms with Crippen molar-refractivity contribution < 1.29 is 0 Å². The Morgan fingerprint density at radius 3 is 2.94 bits per heavy atom. The van der Waals surface area contributed by atoms with Gasteiger partial charge in [0.1, 0.15) is 11.5 Å². The van der Waals surface area contributed by atoms with Crippen LogP contribution in [0.5, 0.6) is 0 Å². The van der Waals surface area contributed by atoms with Crippen molar-refractivity contribution in [2.45, 2.75) is 13.3 Å². The van der Waals surface area contributed by atoms with Gasteiger partial charge in [0.2, 0.25) is 0 Å². The summed E-state index contributed by atoms with van der Waals surface area (Å²) in [7, 11) is 1.87. The number of hydrogen-bond donors (Lipinski definition) is 1. The summed E-state index contributed by atoms with van der Waals surface area (Å²) in [6.45, 7) is 3.00. The van der Waals surface area contributed by atoms with Crippen LogP contribution in [0.4, 0.5) is 5.82 Å². The van der Waals surface area contributed by atoms with Gasteiger partial charge in [0, 0.05) is 26.0 Å². The van der Waals surface area contributed by atoms with E-state index < -0.39 is 0 Å². The van der Waals surface area contributed by atoms with Crippen molar-refractivity contribution in [3.8, 4) is 11.5 Å². The standard InChI is InChI=1S/C11H14BrN5/c1-3-5-13-10-8(12)7-14-11(16-10)9-4-6-15-17(9)2/h4,6-7H,3,5H2,1-2H3,(H,13,14,16). The molecule has 0 fully saturated rings. The second-order valence-electron chi connectivity index (χ2n) is 3.66. The fourth-order valence-electron chi connectivity index (χ4n) is 1.45. The lowest BCUT2D eigenvalue weighted by Gasteiger charge is -2.08. The van der Waals surface area contributed by atoms with Gasteiger partial charge >= 0.3 is 0 Å². The number of hydrogen-bond acceptors (Lipinski definition) is 4. The highest BCUT2D eigenvalue weighted by Gasteiger charge is 2.09. The Balaban J connectivity index is 2.34. The first kappa shape index (κ1) is 12.0. The van der Waals surface area contributed by atoms with Gasteiger partial charge in [0.05, 0.1) is 4.47 Å². The minimum Gasteiger partial charge on any atom is -0.369 e.